The van der Waals surface area contributed by atoms with Crippen LogP contribution in [-0.2, 0) is 4.79 Å². The molecule has 0 aromatic heterocycles. The summed E-state index contributed by atoms with van der Waals surface area (Å²) in [6.45, 7) is 2.70. The lowest BCUT2D eigenvalue weighted by atomic mass is 10.0. The average molecular weight is 367 g/mol. The molecule has 8 heteroatoms. The Morgan fingerprint density at radius 1 is 1.48 bits per heavy atom. The van der Waals surface area contributed by atoms with E-state index in [0.29, 0.717) is 5.69 Å². The highest BCUT2D eigenvalue weighted by atomic mass is 79.9. The maximum absolute atomic E-state index is 12.2. The van der Waals surface area contributed by atoms with Crippen LogP contribution in [0.3, 0.4) is 0 Å². The molecule has 4 nitrogen and oxygen atoms in total. The van der Waals surface area contributed by atoms with E-state index in [-0.39, 0.29) is 28.1 Å². The van der Waals surface area contributed by atoms with Crippen LogP contribution < -0.4 is 15.4 Å². The molecule has 2 unspecified atom stereocenters. The van der Waals surface area contributed by atoms with E-state index < -0.39 is 6.36 Å². The number of hydrogen-bond acceptors (Lipinski definition) is 3. The predicted molar refractivity (Wildman–Crippen MR) is 75.0 cm³/mol. The average Bonchev–Trinajstić information content (AvgIpc) is 2.77. The van der Waals surface area contributed by atoms with Crippen LogP contribution in [-0.4, -0.2) is 24.9 Å². The number of carbonyl (C=O) groups is 1. The van der Waals surface area contributed by atoms with Gasteiger partial charge >= 0.3 is 6.36 Å². The first kappa shape index (κ1) is 16.1. The quantitative estimate of drug-likeness (QED) is 0.862. The Morgan fingerprint density at radius 3 is 2.71 bits per heavy atom. The van der Waals surface area contributed by atoms with Crippen molar-refractivity contribution in [3.05, 3.63) is 22.7 Å². The molecule has 1 aromatic carbocycles. The van der Waals surface area contributed by atoms with E-state index in [9.17, 15) is 18.0 Å². The fraction of sp³-hybridized carbons (Fsp3) is 0.462. The Bertz CT molecular complexity index is 537. The van der Waals surface area contributed by atoms with Crippen molar-refractivity contribution >= 4 is 27.5 Å². The van der Waals surface area contributed by atoms with Crippen molar-refractivity contribution in [2.75, 3.05) is 11.9 Å². The Kier molecular flexibility index (Phi) is 4.77. The van der Waals surface area contributed by atoms with Crippen LogP contribution in [0.4, 0.5) is 18.9 Å². The molecule has 1 aliphatic rings. The Hall–Kier alpha value is -1.28. The van der Waals surface area contributed by atoms with E-state index in [2.05, 4.69) is 31.3 Å². The highest BCUT2D eigenvalue weighted by molar-refractivity contribution is 9.10. The van der Waals surface area contributed by atoms with E-state index >= 15 is 0 Å². The topological polar surface area (TPSA) is 50.4 Å². The zero-order valence-electron chi connectivity index (χ0n) is 11.1. The van der Waals surface area contributed by atoms with Crippen molar-refractivity contribution in [1.29, 1.82) is 0 Å². The lowest BCUT2D eigenvalue weighted by molar-refractivity contribution is -0.274. The van der Waals surface area contributed by atoms with E-state index in [0.717, 1.165) is 19.0 Å². The first-order chi connectivity index (χ1) is 9.76. The third kappa shape index (κ3) is 4.34. The van der Waals surface area contributed by atoms with Crippen LogP contribution in [0.15, 0.2) is 22.7 Å². The third-order valence-electron chi connectivity index (χ3n) is 3.29. The molecule has 1 amide bonds. The molecule has 1 aromatic rings. The molecule has 2 rings (SSSR count). The van der Waals surface area contributed by atoms with E-state index in [1.54, 1.807) is 0 Å². The summed E-state index contributed by atoms with van der Waals surface area (Å²) in [7, 11) is 0. The molecule has 2 N–H and O–H groups in total. The minimum absolute atomic E-state index is 0.0845. The molecule has 1 fully saturated rings. The van der Waals surface area contributed by atoms with Crippen molar-refractivity contribution in [2.45, 2.75) is 25.7 Å². The molecule has 21 heavy (non-hydrogen) atoms. The summed E-state index contributed by atoms with van der Waals surface area (Å²) in [5.74, 6) is -0.643. The molecule has 0 bridgehead atoms. The summed E-state index contributed by atoms with van der Waals surface area (Å²) in [4.78, 5) is 12.1. The summed E-state index contributed by atoms with van der Waals surface area (Å²) >= 11 is 3.00. The Morgan fingerprint density at radius 2 is 2.19 bits per heavy atom. The van der Waals surface area contributed by atoms with Crippen LogP contribution in [0, 0.1) is 5.92 Å². The fourth-order valence-electron chi connectivity index (χ4n) is 2.24. The standard InChI is InChI=1S/C13H14BrF3N2O2/c1-7-9(4-5-18-7)12(20)19-8-2-3-11(10(14)6-8)21-13(15,16)17/h2-3,6-7,9,18H,4-5H2,1H3,(H,19,20). The monoisotopic (exact) mass is 366 g/mol. The number of halogens is 4. The normalized spacial score (nSPS) is 22.1. The second kappa shape index (κ2) is 6.23. The number of rotatable bonds is 3. The highest BCUT2D eigenvalue weighted by Crippen LogP contribution is 2.32. The maximum atomic E-state index is 12.2. The van der Waals surface area contributed by atoms with Gasteiger partial charge in [0.05, 0.1) is 10.4 Å². The van der Waals surface area contributed by atoms with Gasteiger partial charge in [-0.1, -0.05) is 0 Å². The molecule has 1 saturated heterocycles. The molecular weight excluding hydrogens is 353 g/mol. The van der Waals surface area contributed by atoms with Crippen LogP contribution in [0.2, 0.25) is 0 Å². The van der Waals surface area contributed by atoms with Gasteiger partial charge in [0.2, 0.25) is 5.91 Å². The van der Waals surface area contributed by atoms with Crippen molar-refractivity contribution < 1.29 is 22.7 Å². The van der Waals surface area contributed by atoms with Gasteiger partial charge in [0.1, 0.15) is 5.75 Å². The largest absolute Gasteiger partial charge is 0.573 e. The van der Waals surface area contributed by atoms with Crippen LogP contribution in [0.1, 0.15) is 13.3 Å². The minimum Gasteiger partial charge on any atom is -0.405 e. The van der Waals surface area contributed by atoms with Crippen molar-refractivity contribution in [2.24, 2.45) is 5.92 Å². The summed E-state index contributed by atoms with van der Waals surface area (Å²) in [5, 5.41) is 5.87. The molecule has 0 radical (unpaired) electrons. The molecule has 0 aliphatic carbocycles. The van der Waals surface area contributed by atoms with Gasteiger partial charge in [-0.15, -0.1) is 13.2 Å². The van der Waals surface area contributed by atoms with Gasteiger partial charge in [0, 0.05) is 11.7 Å². The number of ether oxygens (including phenoxy) is 1. The van der Waals surface area contributed by atoms with Gasteiger partial charge in [-0.3, -0.25) is 4.79 Å². The number of anilines is 1. The fourth-order valence-corrected chi connectivity index (χ4v) is 2.70. The van der Waals surface area contributed by atoms with Gasteiger partial charge in [-0.05, 0) is 54.0 Å². The molecule has 1 heterocycles. The molecular formula is C13H14BrF3N2O2. The summed E-state index contributed by atoms with van der Waals surface area (Å²) < 4.78 is 40.4. The maximum Gasteiger partial charge on any atom is 0.573 e. The molecule has 116 valence electrons. The SMILES string of the molecule is CC1NCCC1C(=O)Nc1ccc(OC(F)(F)F)c(Br)c1. The van der Waals surface area contributed by atoms with Crippen LogP contribution in [0.5, 0.6) is 5.75 Å². The zero-order chi connectivity index (χ0) is 15.6. The smallest absolute Gasteiger partial charge is 0.405 e. The predicted octanol–water partition coefficient (Wildman–Crippen LogP) is 3.28. The minimum atomic E-state index is -4.75. The molecule has 0 spiro atoms. The molecule has 0 saturated carbocycles. The number of benzene rings is 1. The first-order valence-corrected chi connectivity index (χ1v) is 7.15. The summed E-state index contributed by atoms with van der Waals surface area (Å²) in [6, 6.07) is 3.99. The number of hydrogen-bond donors (Lipinski definition) is 2. The third-order valence-corrected chi connectivity index (χ3v) is 3.91. The van der Waals surface area contributed by atoms with Gasteiger partial charge < -0.3 is 15.4 Å². The molecule has 2 atom stereocenters. The summed E-state index contributed by atoms with van der Waals surface area (Å²) in [6.07, 6.45) is -4.01. The van der Waals surface area contributed by atoms with Gasteiger partial charge in [0.25, 0.3) is 0 Å². The van der Waals surface area contributed by atoms with Gasteiger partial charge in [-0.25, -0.2) is 0 Å². The lowest BCUT2D eigenvalue weighted by Gasteiger charge is -2.16. The number of carbonyl (C=O) groups excluding carboxylic acids is 1. The second-order valence-corrected chi connectivity index (χ2v) is 5.67. The van der Waals surface area contributed by atoms with Crippen LogP contribution in [0.25, 0.3) is 0 Å². The number of nitrogens with one attached hydrogen (secondary N) is 2. The summed E-state index contributed by atoms with van der Waals surface area (Å²) in [5.41, 5.74) is 0.417. The number of amides is 1. The van der Waals surface area contributed by atoms with Crippen molar-refractivity contribution in [3.63, 3.8) is 0 Å². The lowest BCUT2D eigenvalue weighted by Crippen LogP contribution is -2.32. The van der Waals surface area contributed by atoms with Crippen molar-refractivity contribution in [1.82, 2.24) is 5.32 Å². The van der Waals surface area contributed by atoms with E-state index in [1.807, 2.05) is 6.92 Å². The van der Waals surface area contributed by atoms with Crippen LogP contribution >= 0.6 is 15.9 Å². The van der Waals surface area contributed by atoms with E-state index in [4.69, 9.17) is 0 Å². The van der Waals surface area contributed by atoms with Gasteiger partial charge in [-0.2, -0.15) is 0 Å². The zero-order valence-corrected chi connectivity index (χ0v) is 12.7. The van der Waals surface area contributed by atoms with Crippen molar-refractivity contribution in [3.8, 4) is 5.75 Å². The first-order valence-electron chi connectivity index (χ1n) is 6.36. The Balaban J connectivity index is 2.05. The van der Waals surface area contributed by atoms with E-state index in [1.165, 1.54) is 12.1 Å². The van der Waals surface area contributed by atoms with Gasteiger partial charge in [0.15, 0.2) is 0 Å². The second-order valence-electron chi connectivity index (χ2n) is 4.82. The number of alkyl halides is 3. The Labute approximate surface area is 128 Å². The molecule has 1 aliphatic heterocycles. The highest BCUT2D eigenvalue weighted by Gasteiger charge is 2.32.